The Kier molecular flexibility index (Phi) is 0.866. The van der Waals surface area contributed by atoms with Crippen LogP contribution in [0, 0.1) is 0 Å². The van der Waals surface area contributed by atoms with Gasteiger partial charge in [0.1, 0.15) is 0 Å². The van der Waals surface area contributed by atoms with E-state index in [4.69, 9.17) is 0 Å². The van der Waals surface area contributed by atoms with Gasteiger partial charge in [-0.3, -0.25) is 10.2 Å². The van der Waals surface area contributed by atoms with Crippen molar-refractivity contribution in [3.63, 3.8) is 0 Å². The Morgan fingerprint density at radius 1 is 1.50 bits per heavy atom. The minimum atomic E-state index is 0.821. The highest BCUT2D eigenvalue weighted by molar-refractivity contribution is 5.13. The summed E-state index contributed by atoms with van der Waals surface area (Å²) in [5.74, 6) is 0. The summed E-state index contributed by atoms with van der Waals surface area (Å²) >= 11 is 0. The summed E-state index contributed by atoms with van der Waals surface area (Å²) in [7, 11) is 0. The molecule has 2 saturated heterocycles. The Labute approximate surface area is 49.9 Å². The average molecular weight is 112 g/mol. The van der Waals surface area contributed by atoms with E-state index < -0.39 is 0 Å². The van der Waals surface area contributed by atoms with E-state index in [9.17, 15) is 0 Å². The molecule has 0 bridgehead atoms. The molecule has 2 unspecified atom stereocenters. The van der Waals surface area contributed by atoms with Crippen LogP contribution in [0.1, 0.15) is 19.8 Å². The minimum absolute atomic E-state index is 0.821. The smallest absolute Gasteiger partial charge is 0.0921 e. The Morgan fingerprint density at radius 3 is 2.62 bits per heavy atom. The third-order valence-electron chi connectivity index (χ3n) is 1.93. The van der Waals surface area contributed by atoms with Gasteiger partial charge in [0.2, 0.25) is 0 Å². The van der Waals surface area contributed by atoms with E-state index in [1.54, 1.807) is 0 Å². The topological polar surface area (TPSA) is 25.0 Å². The SMILES string of the molecule is CCCCN1C2NC21. The molecule has 0 aliphatic carbocycles. The Bertz CT molecular complexity index is 94.7. The fourth-order valence-corrected chi connectivity index (χ4v) is 1.12. The zero-order chi connectivity index (χ0) is 5.56. The summed E-state index contributed by atoms with van der Waals surface area (Å²) in [6.45, 7) is 3.56. The normalized spacial score (nSPS) is 48.4. The van der Waals surface area contributed by atoms with Gasteiger partial charge in [0, 0.05) is 6.54 Å². The molecule has 2 atom stereocenters. The van der Waals surface area contributed by atoms with Gasteiger partial charge in [-0.15, -0.1) is 0 Å². The summed E-state index contributed by atoms with van der Waals surface area (Å²) in [4.78, 5) is 2.49. The molecular formula is C6H12N2. The van der Waals surface area contributed by atoms with Crippen LogP contribution in [0.15, 0.2) is 0 Å². The first-order chi connectivity index (χ1) is 3.93. The lowest BCUT2D eigenvalue weighted by atomic mass is 10.3. The van der Waals surface area contributed by atoms with Gasteiger partial charge in [-0.25, -0.2) is 0 Å². The number of rotatable bonds is 3. The highest BCUT2D eigenvalue weighted by atomic mass is 15.7. The van der Waals surface area contributed by atoms with Gasteiger partial charge < -0.3 is 0 Å². The Hall–Kier alpha value is -0.0800. The number of unbranched alkanes of at least 4 members (excludes halogenated alkanes) is 1. The number of fused-ring (bicyclic) bond motifs is 1. The van der Waals surface area contributed by atoms with E-state index in [0.717, 1.165) is 12.3 Å². The molecule has 46 valence electrons. The third-order valence-corrected chi connectivity index (χ3v) is 1.93. The second-order valence-electron chi connectivity index (χ2n) is 2.65. The van der Waals surface area contributed by atoms with Crippen molar-refractivity contribution in [2.45, 2.75) is 32.1 Å². The standard InChI is InChI=1S/C6H12N2/c1-2-3-4-8-5-6(8)7-5/h5-7H,2-4H2,1H3. The van der Waals surface area contributed by atoms with Crippen LogP contribution in [-0.4, -0.2) is 23.8 Å². The van der Waals surface area contributed by atoms with Crippen LogP contribution in [0.4, 0.5) is 0 Å². The molecule has 2 heteroatoms. The lowest BCUT2D eigenvalue weighted by Gasteiger charge is -2.04. The summed E-state index contributed by atoms with van der Waals surface area (Å²) in [5.41, 5.74) is 0. The zero-order valence-corrected chi connectivity index (χ0v) is 5.22. The fourth-order valence-electron chi connectivity index (χ4n) is 1.12. The van der Waals surface area contributed by atoms with Gasteiger partial charge in [0.25, 0.3) is 0 Å². The molecular weight excluding hydrogens is 100 g/mol. The van der Waals surface area contributed by atoms with Crippen LogP contribution < -0.4 is 5.32 Å². The van der Waals surface area contributed by atoms with Crippen molar-refractivity contribution in [2.75, 3.05) is 6.54 Å². The predicted octanol–water partition coefficient (Wildman–Crippen LogP) is 0.357. The van der Waals surface area contributed by atoms with Crippen molar-refractivity contribution < 1.29 is 0 Å². The van der Waals surface area contributed by atoms with Crippen molar-refractivity contribution in [2.24, 2.45) is 0 Å². The van der Waals surface area contributed by atoms with Crippen molar-refractivity contribution in [3.05, 3.63) is 0 Å². The molecule has 8 heavy (non-hydrogen) atoms. The molecule has 2 rings (SSSR count). The quantitative estimate of drug-likeness (QED) is 0.533. The molecule has 2 aliphatic heterocycles. The minimum Gasteiger partial charge on any atom is -0.281 e. The number of hydrogen-bond acceptors (Lipinski definition) is 2. The number of nitrogens with zero attached hydrogens (tertiary/aromatic N) is 1. The van der Waals surface area contributed by atoms with Crippen molar-refractivity contribution in [1.29, 1.82) is 0 Å². The molecule has 1 N–H and O–H groups in total. The predicted molar refractivity (Wildman–Crippen MR) is 32.3 cm³/mol. The molecule has 0 saturated carbocycles. The highest BCUT2D eigenvalue weighted by Crippen LogP contribution is 2.37. The first-order valence-electron chi connectivity index (χ1n) is 3.45. The largest absolute Gasteiger partial charge is 0.281 e. The molecule has 0 aromatic rings. The van der Waals surface area contributed by atoms with E-state index in [-0.39, 0.29) is 0 Å². The second-order valence-corrected chi connectivity index (χ2v) is 2.65. The first-order valence-corrected chi connectivity index (χ1v) is 3.45. The summed E-state index contributed by atoms with van der Waals surface area (Å²) < 4.78 is 0. The Balaban J connectivity index is 1.59. The fraction of sp³-hybridized carbons (Fsp3) is 1.00. The summed E-state index contributed by atoms with van der Waals surface area (Å²) in [6, 6.07) is 0. The van der Waals surface area contributed by atoms with Crippen LogP contribution in [0.25, 0.3) is 0 Å². The molecule has 2 nitrogen and oxygen atoms in total. The molecule has 0 spiro atoms. The van der Waals surface area contributed by atoms with E-state index in [0.29, 0.717) is 0 Å². The molecule has 2 aliphatic rings. The summed E-state index contributed by atoms with van der Waals surface area (Å²) in [6.07, 6.45) is 4.34. The van der Waals surface area contributed by atoms with Gasteiger partial charge in [-0.1, -0.05) is 13.3 Å². The maximum absolute atomic E-state index is 3.28. The number of hydrogen-bond donors (Lipinski definition) is 1. The van der Waals surface area contributed by atoms with Crippen LogP contribution in [0.3, 0.4) is 0 Å². The maximum Gasteiger partial charge on any atom is 0.0921 e. The molecule has 2 heterocycles. The monoisotopic (exact) mass is 112 g/mol. The van der Waals surface area contributed by atoms with Crippen LogP contribution >= 0.6 is 0 Å². The molecule has 0 radical (unpaired) electrons. The van der Waals surface area contributed by atoms with E-state index in [1.807, 2.05) is 0 Å². The first kappa shape index (κ1) is 4.77. The van der Waals surface area contributed by atoms with Gasteiger partial charge >= 0.3 is 0 Å². The Morgan fingerprint density at radius 2 is 2.25 bits per heavy atom. The van der Waals surface area contributed by atoms with Crippen molar-refractivity contribution >= 4 is 0 Å². The maximum atomic E-state index is 3.28. The average Bonchev–Trinajstić information content (AvgIpc) is 2.50. The van der Waals surface area contributed by atoms with Crippen molar-refractivity contribution in [1.82, 2.24) is 10.2 Å². The van der Waals surface area contributed by atoms with Gasteiger partial charge in [0.05, 0.1) is 12.3 Å². The molecule has 0 amide bonds. The third kappa shape index (κ3) is 0.565. The summed E-state index contributed by atoms with van der Waals surface area (Å²) in [5, 5.41) is 3.28. The van der Waals surface area contributed by atoms with Crippen LogP contribution in [0.2, 0.25) is 0 Å². The zero-order valence-electron chi connectivity index (χ0n) is 5.22. The lowest BCUT2D eigenvalue weighted by Crippen LogP contribution is -2.21. The molecule has 0 aromatic heterocycles. The van der Waals surface area contributed by atoms with Gasteiger partial charge in [-0.05, 0) is 6.42 Å². The van der Waals surface area contributed by atoms with E-state index in [1.165, 1.54) is 19.4 Å². The van der Waals surface area contributed by atoms with E-state index in [2.05, 4.69) is 17.1 Å². The molecule has 2 fully saturated rings. The van der Waals surface area contributed by atoms with Gasteiger partial charge in [0.15, 0.2) is 0 Å². The second kappa shape index (κ2) is 1.45. The lowest BCUT2D eigenvalue weighted by molar-refractivity contribution is 0.372. The van der Waals surface area contributed by atoms with Crippen LogP contribution in [0.5, 0.6) is 0 Å². The van der Waals surface area contributed by atoms with Crippen LogP contribution in [-0.2, 0) is 0 Å². The molecule has 0 aromatic carbocycles. The highest BCUT2D eigenvalue weighted by Gasteiger charge is 2.61. The van der Waals surface area contributed by atoms with Gasteiger partial charge in [-0.2, -0.15) is 0 Å². The van der Waals surface area contributed by atoms with Crippen molar-refractivity contribution in [3.8, 4) is 0 Å². The number of nitrogens with one attached hydrogen (secondary N) is 1. The van der Waals surface area contributed by atoms with E-state index >= 15 is 0 Å².